The van der Waals surface area contributed by atoms with Crippen LogP contribution in [-0.2, 0) is 0 Å². The number of aldehydes is 1. The van der Waals surface area contributed by atoms with Gasteiger partial charge in [-0.05, 0) is 11.6 Å². The first kappa shape index (κ1) is 9.36. The molecule has 0 bridgehead atoms. The van der Waals surface area contributed by atoms with Gasteiger partial charge in [-0.2, -0.15) is 5.26 Å². The number of aromatic nitrogens is 1. The fourth-order valence-electron chi connectivity index (χ4n) is 0.922. The van der Waals surface area contributed by atoms with E-state index in [4.69, 9.17) is 11.0 Å². The number of carbonyl (C=O) groups excluding carboxylic acids is 1. The van der Waals surface area contributed by atoms with Crippen molar-refractivity contribution in [3.8, 4) is 6.07 Å². The SMILES string of the molecule is N#CC[C@H](N)c1ccc(C=O)nc1. The molecule has 0 spiro atoms. The van der Waals surface area contributed by atoms with Crippen molar-refractivity contribution < 1.29 is 4.79 Å². The van der Waals surface area contributed by atoms with E-state index in [2.05, 4.69) is 4.98 Å². The Bertz CT molecular complexity index is 326. The predicted octanol–water partition coefficient (Wildman–Crippen LogP) is 0.808. The van der Waals surface area contributed by atoms with Crippen molar-refractivity contribution in [3.63, 3.8) is 0 Å². The number of hydrogen-bond acceptors (Lipinski definition) is 4. The molecule has 1 aromatic heterocycles. The molecular weight excluding hydrogens is 166 g/mol. The maximum absolute atomic E-state index is 10.3. The van der Waals surface area contributed by atoms with Gasteiger partial charge in [0, 0.05) is 12.2 Å². The van der Waals surface area contributed by atoms with E-state index in [1.807, 2.05) is 6.07 Å². The van der Waals surface area contributed by atoms with Crippen molar-refractivity contribution in [2.75, 3.05) is 0 Å². The molecule has 4 nitrogen and oxygen atoms in total. The second-order valence-electron chi connectivity index (χ2n) is 2.60. The van der Waals surface area contributed by atoms with Crippen molar-refractivity contribution in [1.29, 1.82) is 5.26 Å². The van der Waals surface area contributed by atoms with Gasteiger partial charge in [0.15, 0.2) is 6.29 Å². The molecule has 0 aliphatic heterocycles. The third kappa shape index (κ3) is 2.36. The van der Waals surface area contributed by atoms with E-state index in [9.17, 15) is 4.79 Å². The first-order chi connectivity index (χ1) is 6.27. The largest absolute Gasteiger partial charge is 0.323 e. The van der Waals surface area contributed by atoms with Gasteiger partial charge < -0.3 is 5.73 Å². The Morgan fingerprint density at radius 2 is 2.46 bits per heavy atom. The molecule has 1 aromatic rings. The van der Waals surface area contributed by atoms with Gasteiger partial charge in [-0.1, -0.05) is 6.07 Å². The summed E-state index contributed by atoms with van der Waals surface area (Å²) in [7, 11) is 0. The molecule has 0 aliphatic carbocycles. The molecule has 13 heavy (non-hydrogen) atoms. The lowest BCUT2D eigenvalue weighted by atomic mass is 10.1. The third-order valence-electron chi connectivity index (χ3n) is 1.67. The van der Waals surface area contributed by atoms with E-state index in [1.165, 1.54) is 6.20 Å². The first-order valence-electron chi connectivity index (χ1n) is 3.81. The Morgan fingerprint density at radius 3 is 2.92 bits per heavy atom. The summed E-state index contributed by atoms with van der Waals surface area (Å²) >= 11 is 0. The Hall–Kier alpha value is -1.73. The number of hydrogen-bond donors (Lipinski definition) is 1. The van der Waals surface area contributed by atoms with Crippen LogP contribution in [0.3, 0.4) is 0 Å². The lowest BCUT2D eigenvalue weighted by Crippen LogP contribution is -2.09. The van der Waals surface area contributed by atoms with E-state index in [0.29, 0.717) is 12.0 Å². The minimum atomic E-state index is -0.321. The Balaban J connectivity index is 2.80. The average molecular weight is 175 g/mol. The third-order valence-corrected chi connectivity index (χ3v) is 1.67. The fourth-order valence-corrected chi connectivity index (χ4v) is 0.922. The predicted molar refractivity (Wildman–Crippen MR) is 46.8 cm³/mol. The summed E-state index contributed by atoms with van der Waals surface area (Å²) < 4.78 is 0. The molecular formula is C9H9N3O. The van der Waals surface area contributed by atoms with Crippen LogP contribution in [0.2, 0.25) is 0 Å². The highest BCUT2D eigenvalue weighted by Gasteiger charge is 2.04. The van der Waals surface area contributed by atoms with Crippen LogP contribution < -0.4 is 5.73 Å². The highest BCUT2D eigenvalue weighted by Crippen LogP contribution is 2.11. The first-order valence-corrected chi connectivity index (χ1v) is 3.81. The molecule has 0 radical (unpaired) electrons. The van der Waals surface area contributed by atoms with Gasteiger partial charge in [0.1, 0.15) is 5.69 Å². The van der Waals surface area contributed by atoms with Crippen molar-refractivity contribution in [2.24, 2.45) is 5.73 Å². The van der Waals surface area contributed by atoms with Gasteiger partial charge in [0.25, 0.3) is 0 Å². The topological polar surface area (TPSA) is 79.8 Å². The second-order valence-corrected chi connectivity index (χ2v) is 2.60. The lowest BCUT2D eigenvalue weighted by molar-refractivity contribution is 0.111. The molecule has 2 N–H and O–H groups in total. The number of carbonyl (C=O) groups is 1. The minimum Gasteiger partial charge on any atom is -0.323 e. The molecule has 0 aromatic carbocycles. The van der Waals surface area contributed by atoms with E-state index >= 15 is 0 Å². The van der Waals surface area contributed by atoms with E-state index < -0.39 is 0 Å². The molecule has 1 heterocycles. The van der Waals surface area contributed by atoms with Crippen LogP contribution in [0, 0.1) is 11.3 Å². The second kappa shape index (κ2) is 4.33. The molecule has 0 saturated heterocycles. The number of pyridine rings is 1. The molecule has 0 fully saturated rings. The molecule has 1 rings (SSSR count). The molecule has 1 atom stereocenters. The monoisotopic (exact) mass is 175 g/mol. The summed E-state index contributed by atoms with van der Waals surface area (Å²) in [6.45, 7) is 0. The van der Waals surface area contributed by atoms with Crippen molar-refractivity contribution in [3.05, 3.63) is 29.6 Å². The molecule has 66 valence electrons. The number of nitrogens with zero attached hydrogens (tertiary/aromatic N) is 2. The quantitative estimate of drug-likeness (QED) is 0.689. The number of nitriles is 1. The van der Waals surface area contributed by atoms with Crippen LogP contribution in [-0.4, -0.2) is 11.3 Å². The maximum atomic E-state index is 10.3. The van der Waals surface area contributed by atoms with Crippen LogP contribution >= 0.6 is 0 Å². The average Bonchev–Trinajstić information content (AvgIpc) is 2.18. The molecule has 4 heteroatoms. The molecule has 0 amide bonds. The highest BCUT2D eigenvalue weighted by molar-refractivity contribution is 5.71. The summed E-state index contributed by atoms with van der Waals surface area (Å²) in [5.74, 6) is 0. The van der Waals surface area contributed by atoms with Crippen molar-refractivity contribution in [2.45, 2.75) is 12.5 Å². The zero-order valence-electron chi connectivity index (χ0n) is 6.97. The van der Waals surface area contributed by atoms with Gasteiger partial charge in [0.2, 0.25) is 0 Å². The number of nitrogens with two attached hydrogens (primary N) is 1. The summed E-state index contributed by atoms with van der Waals surface area (Å²) in [5.41, 5.74) is 6.79. The van der Waals surface area contributed by atoms with E-state index in [1.54, 1.807) is 12.1 Å². The summed E-state index contributed by atoms with van der Waals surface area (Å²) in [6.07, 6.45) is 2.44. The fraction of sp³-hybridized carbons (Fsp3) is 0.222. The molecule has 0 saturated carbocycles. The zero-order valence-corrected chi connectivity index (χ0v) is 6.97. The van der Waals surface area contributed by atoms with Gasteiger partial charge in [-0.15, -0.1) is 0 Å². The standard InChI is InChI=1S/C9H9N3O/c10-4-3-9(11)7-1-2-8(6-13)12-5-7/h1-2,5-6,9H,3,11H2/t9-/m0/s1. The lowest BCUT2D eigenvalue weighted by Gasteiger charge is -2.05. The Kier molecular flexibility index (Phi) is 3.12. The Morgan fingerprint density at radius 1 is 1.69 bits per heavy atom. The highest BCUT2D eigenvalue weighted by atomic mass is 16.1. The van der Waals surface area contributed by atoms with Gasteiger partial charge in [-0.25, -0.2) is 0 Å². The van der Waals surface area contributed by atoms with Crippen LogP contribution in [0.25, 0.3) is 0 Å². The van der Waals surface area contributed by atoms with Crippen LogP contribution in [0.1, 0.15) is 28.5 Å². The molecule has 0 unspecified atom stereocenters. The van der Waals surface area contributed by atoms with Crippen molar-refractivity contribution >= 4 is 6.29 Å². The van der Waals surface area contributed by atoms with Gasteiger partial charge in [0.05, 0.1) is 12.5 Å². The van der Waals surface area contributed by atoms with Gasteiger partial charge in [-0.3, -0.25) is 9.78 Å². The summed E-state index contributed by atoms with van der Waals surface area (Å²) in [6, 6.07) is 4.94. The summed E-state index contributed by atoms with van der Waals surface area (Å²) in [5, 5.41) is 8.39. The van der Waals surface area contributed by atoms with E-state index in [-0.39, 0.29) is 12.5 Å². The van der Waals surface area contributed by atoms with Crippen LogP contribution in [0.4, 0.5) is 0 Å². The summed E-state index contributed by atoms with van der Waals surface area (Å²) in [4.78, 5) is 14.1. The minimum absolute atomic E-state index is 0.252. The number of rotatable bonds is 3. The molecule has 0 aliphatic rings. The van der Waals surface area contributed by atoms with Crippen molar-refractivity contribution in [1.82, 2.24) is 4.98 Å². The normalized spacial score (nSPS) is 11.7. The van der Waals surface area contributed by atoms with Gasteiger partial charge >= 0.3 is 0 Å². The van der Waals surface area contributed by atoms with E-state index in [0.717, 1.165) is 5.56 Å². The smallest absolute Gasteiger partial charge is 0.168 e. The van der Waals surface area contributed by atoms with Crippen LogP contribution in [0.5, 0.6) is 0 Å². The zero-order chi connectivity index (χ0) is 9.68. The maximum Gasteiger partial charge on any atom is 0.168 e. The Labute approximate surface area is 76.0 Å². The van der Waals surface area contributed by atoms with Crippen LogP contribution in [0.15, 0.2) is 18.3 Å².